The summed E-state index contributed by atoms with van der Waals surface area (Å²) in [6.45, 7) is 1.64. The molecule has 1 N–H and O–H groups in total. The molecule has 84 valence electrons. The third-order valence-electron chi connectivity index (χ3n) is 2.35. The van der Waals surface area contributed by atoms with Gasteiger partial charge in [0, 0.05) is 0 Å². The van der Waals surface area contributed by atoms with Gasteiger partial charge in [0.1, 0.15) is 11.8 Å². The van der Waals surface area contributed by atoms with Gasteiger partial charge in [-0.25, -0.2) is 0 Å². The molecule has 0 aliphatic rings. The first-order valence-corrected chi connectivity index (χ1v) is 4.88. The lowest BCUT2D eigenvalue weighted by molar-refractivity contribution is -0.141. The molecule has 0 saturated heterocycles. The summed E-state index contributed by atoms with van der Waals surface area (Å²) in [5.74, 6) is -0.788. The zero-order valence-electron chi connectivity index (χ0n) is 9.23. The molecule has 0 saturated carbocycles. The third kappa shape index (κ3) is 2.74. The zero-order valence-corrected chi connectivity index (χ0v) is 9.23. The van der Waals surface area contributed by atoms with Gasteiger partial charge in [-0.1, -0.05) is 13.0 Å². The van der Waals surface area contributed by atoms with Crippen molar-refractivity contribution in [1.82, 2.24) is 0 Å². The van der Waals surface area contributed by atoms with E-state index >= 15 is 0 Å². The molecule has 1 aromatic rings. The van der Waals surface area contributed by atoms with Crippen molar-refractivity contribution >= 4 is 5.97 Å². The summed E-state index contributed by atoms with van der Waals surface area (Å²) in [4.78, 5) is 10.7. The van der Waals surface area contributed by atoms with Crippen molar-refractivity contribution in [3.8, 4) is 11.8 Å². The number of aliphatic carboxylic acids is 1. The summed E-state index contributed by atoms with van der Waals surface area (Å²) >= 11 is 0. The molecule has 0 aliphatic heterocycles. The third-order valence-corrected chi connectivity index (χ3v) is 2.35. The highest BCUT2D eigenvalue weighted by atomic mass is 16.5. The zero-order chi connectivity index (χ0) is 12.1. The van der Waals surface area contributed by atoms with Crippen molar-refractivity contribution in [2.24, 2.45) is 5.92 Å². The predicted octanol–water partition coefficient (Wildman–Crippen LogP) is 1.83. The van der Waals surface area contributed by atoms with Crippen molar-refractivity contribution in [2.45, 2.75) is 13.3 Å². The molecule has 0 spiro atoms. The molecule has 0 aliphatic carbocycles. The fourth-order valence-corrected chi connectivity index (χ4v) is 1.41. The number of methoxy groups -OCH3 is 1. The molecular formula is C12H13NO3. The van der Waals surface area contributed by atoms with Gasteiger partial charge in [0.05, 0.1) is 18.6 Å². The Morgan fingerprint density at radius 3 is 2.81 bits per heavy atom. The van der Waals surface area contributed by atoms with Gasteiger partial charge < -0.3 is 9.84 Å². The van der Waals surface area contributed by atoms with Crippen LogP contribution >= 0.6 is 0 Å². The van der Waals surface area contributed by atoms with Crippen molar-refractivity contribution < 1.29 is 14.6 Å². The highest BCUT2D eigenvalue weighted by molar-refractivity contribution is 5.70. The van der Waals surface area contributed by atoms with Crippen molar-refractivity contribution in [3.05, 3.63) is 29.3 Å². The van der Waals surface area contributed by atoms with Gasteiger partial charge >= 0.3 is 5.97 Å². The fourth-order valence-electron chi connectivity index (χ4n) is 1.41. The first kappa shape index (κ1) is 12.1. The van der Waals surface area contributed by atoms with Gasteiger partial charge in [0.2, 0.25) is 0 Å². The molecule has 0 amide bonds. The number of nitrogens with zero attached hydrogens (tertiary/aromatic N) is 1. The van der Waals surface area contributed by atoms with E-state index in [2.05, 4.69) is 0 Å². The Balaban J connectivity index is 2.92. The van der Waals surface area contributed by atoms with Crippen LogP contribution in [0.25, 0.3) is 0 Å². The minimum Gasteiger partial charge on any atom is -0.495 e. The molecule has 4 heteroatoms. The minimum absolute atomic E-state index is 0.411. The predicted molar refractivity (Wildman–Crippen MR) is 58.2 cm³/mol. The van der Waals surface area contributed by atoms with E-state index in [-0.39, 0.29) is 0 Å². The molecule has 4 nitrogen and oxygen atoms in total. The number of carboxylic acids is 1. The van der Waals surface area contributed by atoms with E-state index < -0.39 is 11.9 Å². The molecule has 1 aromatic carbocycles. The summed E-state index contributed by atoms with van der Waals surface area (Å²) in [7, 11) is 1.50. The molecule has 1 unspecified atom stereocenters. The van der Waals surface area contributed by atoms with E-state index in [1.165, 1.54) is 7.11 Å². The Morgan fingerprint density at radius 1 is 1.62 bits per heavy atom. The smallest absolute Gasteiger partial charge is 0.306 e. The Labute approximate surface area is 94.1 Å². The average molecular weight is 219 g/mol. The summed E-state index contributed by atoms with van der Waals surface area (Å²) in [6.07, 6.45) is 0.411. The van der Waals surface area contributed by atoms with E-state index in [0.29, 0.717) is 17.7 Å². The highest BCUT2D eigenvalue weighted by Gasteiger charge is 2.12. The maximum Gasteiger partial charge on any atom is 0.306 e. The van der Waals surface area contributed by atoms with Gasteiger partial charge in [-0.05, 0) is 24.1 Å². The average Bonchev–Trinajstić information content (AvgIpc) is 2.28. The van der Waals surface area contributed by atoms with Crippen molar-refractivity contribution in [2.75, 3.05) is 7.11 Å². The first-order valence-electron chi connectivity index (χ1n) is 4.88. The van der Waals surface area contributed by atoms with Gasteiger partial charge in [-0.15, -0.1) is 0 Å². The monoisotopic (exact) mass is 219 g/mol. The van der Waals surface area contributed by atoms with E-state index in [0.717, 1.165) is 5.56 Å². The van der Waals surface area contributed by atoms with Crippen LogP contribution < -0.4 is 4.74 Å². The first-order chi connectivity index (χ1) is 7.58. The lowest BCUT2D eigenvalue weighted by atomic mass is 9.99. The van der Waals surface area contributed by atoms with Gasteiger partial charge in [-0.2, -0.15) is 5.26 Å². The lowest BCUT2D eigenvalue weighted by Crippen LogP contribution is -2.12. The number of carboxylic acid groups (broad SMARTS) is 1. The van der Waals surface area contributed by atoms with Crippen LogP contribution in [0, 0.1) is 17.2 Å². The van der Waals surface area contributed by atoms with Gasteiger partial charge in [0.15, 0.2) is 0 Å². The molecule has 0 bridgehead atoms. The number of rotatable bonds is 4. The molecular weight excluding hydrogens is 206 g/mol. The molecule has 0 aromatic heterocycles. The number of nitriles is 1. The molecule has 1 atom stereocenters. The molecule has 0 heterocycles. The van der Waals surface area contributed by atoms with Crippen LogP contribution in [0.1, 0.15) is 18.1 Å². The van der Waals surface area contributed by atoms with Crippen LogP contribution in [0.3, 0.4) is 0 Å². The van der Waals surface area contributed by atoms with Crippen LogP contribution in [0.5, 0.6) is 5.75 Å². The summed E-state index contributed by atoms with van der Waals surface area (Å²) in [5, 5.41) is 17.7. The Morgan fingerprint density at radius 2 is 2.31 bits per heavy atom. The normalized spacial score (nSPS) is 11.6. The van der Waals surface area contributed by atoms with E-state index in [4.69, 9.17) is 15.1 Å². The second kappa shape index (κ2) is 5.17. The standard InChI is InChI=1S/C12H13NO3/c1-8(12(14)15)5-9-3-4-11(16-2)10(6-9)7-13/h3-4,6,8H,5H2,1-2H3,(H,14,15). The maximum absolute atomic E-state index is 10.7. The fraction of sp³-hybridized carbons (Fsp3) is 0.333. The van der Waals surface area contributed by atoms with Crippen LogP contribution in [0.4, 0.5) is 0 Å². The number of carbonyl (C=O) groups is 1. The number of hydrogen-bond acceptors (Lipinski definition) is 3. The number of hydrogen-bond donors (Lipinski definition) is 1. The summed E-state index contributed by atoms with van der Waals surface area (Å²) < 4.78 is 5.00. The topological polar surface area (TPSA) is 70.3 Å². The van der Waals surface area contributed by atoms with Crippen LogP contribution in [0.15, 0.2) is 18.2 Å². The van der Waals surface area contributed by atoms with Crippen LogP contribution in [-0.4, -0.2) is 18.2 Å². The Hall–Kier alpha value is -2.02. The Kier molecular flexibility index (Phi) is 3.90. The maximum atomic E-state index is 10.7. The van der Waals surface area contributed by atoms with Gasteiger partial charge in [0.25, 0.3) is 0 Å². The number of benzene rings is 1. The van der Waals surface area contributed by atoms with E-state index in [9.17, 15) is 4.79 Å². The van der Waals surface area contributed by atoms with Crippen LogP contribution in [-0.2, 0) is 11.2 Å². The summed E-state index contributed by atoms with van der Waals surface area (Å²) in [6, 6.07) is 7.14. The molecule has 0 radical (unpaired) electrons. The van der Waals surface area contributed by atoms with Gasteiger partial charge in [-0.3, -0.25) is 4.79 Å². The number of ether oxygens (including phenoxy) is 1. The van der Waals surface area contributed by atoms with Crippen molar-refractivity contribution in [1.29, 1.82) is 5.26 Å². The lowest BCUT2D eigenvalue weighted by Gasteiger charge is -2.08. The quantitative estimate of drug-likeness (QED) is 0.838. The SMILES string of the molecule is COc1ccc(CC(C)C(=O)O)cc1C#N. The highest BCUT2D eigenvalue weighted by Crippen LogP contribution is 2.20. The Bertz CT molecular complexity index is 434. The molecule has 0 fully saturated rings. The van der Waals surface area contributed by atoms with E-state index in [1.54, 1.807) is 25.1 Å². The summed E-state index contributed by atoms with van der Waals surface area (Å²) in [5.41, 5.74) is 1.25. The largest absolute Gasteiger partial charge is 0.495 e. The van der Waals surface area contributed by atoms with E-state index in [1.807, 2.05) is 6.07 Å². The van der Waals surface area contributed by atoms with Crippen LogP contribution in [0.2, 0.25) is 0 Å². The second-order valence-corrected chi connectivity index (χ2v) is 3.59. The molecule has 16 heavy (non-hydrogen) atoms. The minimum atomic E-state index is -0.839. The second-order valence-electron chi connectivity index (χ2n) is 3.59. The molecule has 1 rings (SSSR count). The van der Waals surface area contributed by atoms with Crippen molar-refractivity contribution in [3.63, 3.8) is 0 Å².